The zero-order valence-electron chi connectivity index (χ0n) is 12.9. The van der Waals surface area contributed by atoms with E-state index in [2.05, 4.69) is 4.99 Å². The highest BCUT2D eigenvalue weighted by molar-refractivity contribution is 5.77. The van der Waals surface area contributed by atoms with Gasteiger partial charge in [-0.3, -0.25) is 0 Å². The number of halogens is 2. The molecule has 0 saturated carbocycles. The minimum Gasteiger partial charge on any atom is -0.394 e. The van der Waals surface area contributed by atoms with Gasteiger partial charge in [-0.05, 0) is 13.8 Å². The van der Waals surface area contributed by atoms with Gasteiger partial charge in [-0.15, -0.1) is 0 Å². The van der Waals surface area contributed by atoms with Crippen molar-refractivity contribution in [2.75, 3.05) is 6.61 Å². The van der Waals surface area contributed by atoms with Gasteiger partial charge in [-0.25, -0.2) is 13.8 Å². The Hall–Kier alpha value is -1.36. The van der Waals surface area contributed by atoms with E-state index in [1.54, 1.807) is 0 Å². The van der Waals surface area contributed by atoms with Gasteiger partial charge >= 0.3 is 0 Å². The van der Waals surface area contributed by atoms with Crippen LogP contribution in [0.5, 0.6) is 0 Å². The van der Waals surface area contributed by atoms with E-state index >= 15 is 0 Å². The number of alkyl halides is 2. The van der Waals surface area contributed by atoms with Gasteiger partial charge in [0.15, 0.2) is 12.1 Å². The first-order valence-electron chi connectivity index (χ1n) is 7.07. The Balaban J connectivity index is 3.28. The van der Waals surface area contributed by atoms with Crippen molar-refractivity contribution in [3.05, 3.63) is 0 Å². The number of aliphatic imine (C=N–C) groups is 1. The Morgan fingerprint density at radius 3 is 2.43 bits per heavy atom. The van der Waals surface area contributed by atoms with Gasteiger partial charge in [-0.2, -0.15) is 0 Å². The number of guanidine groups is 1. The second kappa shape index (κ2) is 7.47. The summed E-state index contributed by atoms with van der Waals surface area (Å²) >= 11 is 0. The number of nitrogens with two attached hydrogens (primary N) is 2. The van der Waals surface area contributed by atoms with E-state index in [4.69, 9.17) is 21.3 Å². The molecule has 0 aromatic heterocycles. The van der Waals surface area contributed by atoms with Crippen LogP contribution in [0.4, 0.5) is 8.78 Å². The first kappa shape index (κ1) is 19.7. The fraction of sp³-hybridized carbons (Fsp3) is 0.846. The highest BCUT2D eigenvalue weighted by Gasteiger charge is 2.56. The Morgan fingerprint density at radius 1 is 1.43 bits per heavy atom. The fourth-order valence-electron chi connectivity index (χ4n) is 2.69. The van der Waals surface area contributed by atoms with Crippen molar-refractivity contribution < 1.29 is 33.6 Å². The number of carbonyl (C=O) groups excluding carboxylic acids is 1. The van der Waals surface area contributed by atoms with Gasteiger partial charge in [0.05, 0.1) is 18.8 Å². The summed E-state index contributed by atoms with van der Waals surface area (Å²) in [5, 5.41) is 28.5. The molecular weight excluding hydrogens is 316 g/mol. The first-order valence-corrected chi connectivity index (χ1v) is 7.07. The molecule has 23 heavy (non-hydrogen) atoms. The van der Waals surface area contributed by atoms with Crippen LogP contribution in [0.2, 0.25) is 0 Å². The lowest BCUT2D eigenvalue weighted by molar-refractivity contribution is -0.280. The normalized spacial score (nSPS) is 37.0. The predicted molar refractivity (Wildman–Crippen MR) is 76.8 cm³/mol. The summed E-state index contributed by atoms with van der Waals surface area (Å²) in [6.07, 6.45) is -7.51. The van der Waals surface area contributed by atoms with Crippen molar-refractivity contribution in [1.82, 2.24) is 0 Å². The van der Waals surface area contributed by atoms with Crippen LogP contribution in [-0.2, 0) is 9.53 Å². The zero-order valence-corrected chi connectivity index (χ0v) is 12.9. The van der Waals surface area contributed by atoms with Crippen molar-refractivity contribution in [3.8, 4) is 0 Å². The molecule has 1 fully saturated rings. The van der Waals surface area contributed by atoms with Crippen molar-refractivity contribution in [1.29, 1.82) is 0 Å². The van der Waals surface area contributed by atoms with Gasteiger partial charge in [-0.1, -0.05) is 0 Å². The molecule has 1 rings (SSSR count). The minimum absolute atomic E-state index is 0.308. The highest BCUT2D eigenvalue weighted by atomic mass is 19.2. The molecule has 1 aliphatic heterocycles. The van der Waals surface area contributed by atoms with Gasteiger partial charge in [0.2, 0.25) is 5.85 Å². The molecule has 0 aliphatic carbocycles. The molecule has 7 N–H and O–H groups in total. The van der Waals surface area contributed by atoms with Crippen molar-refractivity contribution in [3.63, 3.8) is 0 Å². The summed E-state index contributed by atoms with van der Waals surface area (Å²) in [6.45, 7) is 1.18. The summed E-state index contributed by atoms with van der Waals surface area (Å²) in [7, 11) is 0. The number of carbonyl (C=O) groups is 1. The number of aliphatic hydroxyl groups excluding tert-OH is 3. The number of aliphatic hydroxyl groups is 3. The topological polar surface area (TPSA) is 151 Å². The fourth-order valence-corrected chi connectivity index (χ4v) is 2.69. The van der Waals surface area contributed by atoms with Gasteiger partial charge < -0.3 is 36.3 Å². The lowest BCUT2D eigenvalue weighted by Gasteiger charge is -2.46. The number of hydrogen-bond acceptors (Lipinski definition) is 6. The molecule has 134 valence electrons. The summed E-state index contributed by atoms with van der Waals surface area (Å²) in [6, 6.07) is -1.49. The van der Waals surface area contributed by atoms with Gasteiger partial charge in [0.1, 0.15) is 18.0 Å². The van der Waals surface area contributed by atoms with Crippen LogP contribution in [-0.4, -0.2) is 70.0 Å². The third-order valence-electron chi connectivity index (χ3n) is 3.76. The molecule has 1 heterocycles. The lowest BCUT2D eigenvalue weighted by atomic mass is 9.79. The van der Waals surface area contributed by atoms with Crippen molar-refractivity contribution >= 4 is 11.7 Å². The highest BCUT2D eigenvalue weighted by Crippen LogP contribution is 2.41. The van der Waals surface area contributed by atoms with Crippen molar-refractivity contribution in [2.24, 2.45) is 22.4 Å². The average Bonchev–Trinajstić information content (AvgIpc) is 2.44. The third-order valence-corrected chi connectivity index (χ3v) is 3.76. The van der Waals surface area contributed by atoms with Crippen LogP contribution < -0.4 is 11.5 Å². The number of ether oxygens (including phenoxy) is 1. The standard InChI is InChI=1S/C13H23F2N3O5/c1-5(20)3-6-8(18-12(16)17)11(14)13(2,15)23-10(6)9(22)7(21)4-19/h6-11,19,21-22H,3-4H2,1-2H3,(H4,16,17,18)/t6-,7-,8+,9-,10?,11?,13+/m1/s1. The third kappa shape index (κ3) is 4.56. The molecule has 10 heteroatoms. The van der Waals surface area contributed by atoms with Crippen LogP contribution in [0.25, 0.3) is 0 Å². The molecule has 8 nitrogen and oxygen atoms in total. The van der Waals surface area contributed by atoms with E-state index in [0.29, 0.717) is 0 Å². The quantitative estimate of drug-likeness (QED) is 0.287. The molecule has 2 unspecified atom stereocenters. The van der Waals surface area contributed by atoms with Crippen LogP contribution in [0.3, 0.4) is 0 Å². The molecule has 7 atom stereocenters. The molecule has 0 aromatic rings. The van der Waals surface area contributed by atoms with Crippen LogP contribution >= 0.6 is 0 Å². The molecule has 0 amide bonds. The molecule has 0 bridgehead atoms. The Labute approximate surface area is 132 Å². The molecule has 0 aromatic carbocycles. The number of nitrogens with zero attached hydrogens (tertiary/aromatic N) is 1. The second-order valence-corrected chi connectivity index (χ2v) is 5.83. The molecule has 0 radical (unpaired) electrons. The van der Waals surface area contributed by atoms with E-state index in [-0.39, 0.29) is 12.2 Å². The SMILES string of the molecule is CC(=O)C[C@H]1C([C@H](O)[C@H](O)CO)O[C@](C)(F)C(F)[C@H]1N=C(N)N. The smallest absolute Gasteiger partial charge is 0.240 e. The first-order chi connectivity index (χ1) is 10.5. The summed E-state index contributed by atoms with van der Waals surface area (Å²) in [5.41, 5.74) is 10.5. The molecule has 1 saturated heterocycles. The average molecular weight is 339 g/mol. The Kier molecular flexibility index (Phi) is 6.40. The summed E-state index contributed by atoms with van der Waals surface area (Å²) in [5.74, 6) is -4.87. The second-order valence-electron chi connectivity index (χ2n) is 5.83. The maximum Gasteiger partial charge on any atom is 0.240 e. The van der Waals surface area contributed by atoms with Crippen LogP contribution in [0, 0.1) is 5.92 Å². The number of rotatable bonds is 6. The van der Waals surface area contributed by atoms with Gasteiger partial charge in [0.25, 0.3) is 0 Å². The summed E-state index contributed by atoms with van der Waals surface area (Å²) < 4.78 is 33.7. The molecule has 1 aliphatic rings. The van der Waals surface area contributed by atoms with Crippen LogP contribution in [0.1, 0.15) is 20.3 Å². The summed E-state index contributed by atoms with van der Waals surface area (Å²) in [4.78, 5) is 15.1. The predicted octanol–water partition coefficient (Wildman–Crippen LogP) is -1.64. The Morgan fingerprint density at radius 2 is 2.00 bits per heavy atom. The van der Waals surface area contributed by atoms with E-state index in [9.17, 15) is 23.8 Å². The number of hydrogen-bond donors (Lipinski definition) is 5. The molecular formula is C13H23F2N3O5. The van der Waals surface area contributed by atoms with Gasteiger partial charge in [0, 0.05) is 12.3 Å². The van der Waals surface area contributed by atoms with Crippen molar-refractivity contribution in [2.45, 2.75) is 56.6 Å². The lowest BCUT2D eigenvalue weighted by Crippen LogP contribution is -2.62. The van der Waals surface area contributed by atoms with E-state index < -0.39 is 54.9 Å². The van der Waals surface area contributed by atoms with Crippen LogP contribution in [0.15, 0.2) is 4.99 Å². The molecule has 0 spiro atoms. The Bertz CT molecular complexity index is 459. The maximum atomic E-state index is 14.4. The number of Topliss-reactive ketones (excluding diaryl/α,β-unsaturated/α-hetero) is 1. The minimum atomic E-state index is -2.85. The van der Waals surface area contributed by atoms with E-state index in [0.717, 1.165) is 6.92 Å². The number of ketones is 1. The largest absolute Gasteiger partial charge is 0.394 e. The monoisotopic (exact) mass is 339 g/mol. The van der Waals surface area contributed by atoms with E-state index in [1.165, 1.54) is 6.92 Å². The zero-order chi connectivity index (χ0) is 17.9. The maximum absolute atomic E-state index is 14.4. The van der Waals surface area contributed by atoms with E-state index in [1.807, 2.05) is 0 Å².